The summed E-state index contributed by atoms with van der Waals surface area (Å²) in [6.45, 7) is 1.37. The third kappa shape index (κ3) is 2.48. The molecule has 70 valence electrons. The second-order valence-electron chi connectivity index (χ2n) is 2.66. The molecule has 0 spiro atoms. The molecule has 0 bridgehead atoms. The van der Waals surface area contributed by atoms with Crippen molar-refractivity contribution in [3.8, 4) is 0 Å². The van der Waals surface area contributed by atoms with Gasteiger partial charge in [0.2, 0.25) is 6.54 Å². The topological polar surface area (TPSA) is 43.1 Å². The molecule has 0 aromatic heterocycles. The van der Waals surface area contributed by atoms with Crippen molar-refractivity contribution in [1.82, 2.24) is 0 Å². The van der Waals surface area contributed by atoms with Gasteiger partial charge >= 0.3 is 0 Å². The highest BCUT2D eigenvalue weighted by molar-refractivity contribution is 9.10. The van der Waals surface area contributed by atoms with Crippen LogP contribution < -0.4 is 0 Å². The van der Waals surface area contributed by atoms with E-state index in [1.54, 1.807) is 6.92 Å². The first-order valence-corrected chi connectivity index (χ1v) is 4.36. The number of hydrogen-bond acceptors (Lipinski definition) is 2. The molecule has 0 amide bonds. The number of rotatable bonds is 2. The predicted octanol–water partition coefficient (Wildman–Crippen LogP) is 2.67. The van der Waals surface area contributed by atoms with Crippen LogP contribution in [0.5, 0.6) is 0 Å². The second-order valence-corrected chi connectivity index (χ2v) is 3.52. The molecule has 0 N–H and O–H groups in total. The highest BCUT2D eigenvalue weighted by Crippen LogP contribution is 2.21. The summed E-state index contributed by atoms with van der Waals surface area (Å²) in [6.07, 6.45) is 0. The lowest BCUT2D eigenvalue weighted by Gasteiger charge is -2.03. The van der Waals surface area contributed by atoms with E-state index in [-0.39, 0.29) is 6.54 Å². The van der Waals surface area contributed by atoms with E-state index < -0.39 is 10.7 Å². The van der Waals surface area contributed by atoms with E-state index >= 15 is 0 Å². The first-order valence-electron chi connectivity index (χ1n) is 3.57. The largest absolute Gasteiger partial charge is 0.264 e. The summed E-state index contributed by atoms with van der Waals surface area (Å²) >= 11 is 3.12. The van der Waals surface area contributed by atoms with E-state index in [0.29, 0.717) is 15.6 Å². The summed E-state index contributed by atoms with van der Waals surface area (Å²) < 4.78 is 13.4. The van der Waals surface area contributed by atoms with E-state index in [2.05, 4.69) is 15.9 Å². The van der Waals surface area contributed by atoms with Crippen LogP contribution in [0.3, 0.4) is 0 Å². The maximum Gasteiger partial charge on any atom is 0.229 e. The van der Waals surface area contributed by atoms with E-state index in [1.165, 1.54) is 12.1 Å². The van der Waals surface area contributed by atoms with Gasteiger partial charge in [0.25, 0.3) is 0 Å². The summed E-state index contributed by atoms with van der Waals surface area (Å²) in [5.41, 5.74) is 1.11. The fraction of sp³-hybridized carbons (Fsp3) is 0.250. The number of benzene rings is 1. The van der Waals surface area contributed by atoms with Crippen LogP contribution in [0.15, 0.2) is 16.6 Å². The molecule has 0 radical (unpaired) electrons. The number of nitrogens with zero attached hydrogens (tertiary/aromatic N) is 1. The maximum absolute atomic E-state index is 12.8. The lowest BCUT2D eigenvalue weighted by Crippen LogP contribution is -2.01. The molecule has 3 nitrogen and oxygen atoms in total. The fourth-order valence-electron chi connectivity index (χ4n) is 1.00. The molecule has 1 aromatic rings. The molecule has 0 aliphatic carbocycles. The van der Waals surface area contributed by atoms with Gasteiger partial charge < -0.3 is 0 Å². The molecule has 1 aromatic carbocycles. The zero-order valence-electron chi connectivity index (χ0n) is 6.88. The number of nitro groups is 1. The monoisotopic (exact) mass is 247 g/mol. The van der Waals surface area contributed by atoms with Gasteiger partial charge in [-0.2, -0.15) is 0 Å². The minimum absolute atomic E-state index is 0.345. The van der Waals surface area contributed by atoms with Gasteiger partial charge in [-0.25, -0.2) is 4.39 Å². The van der Waals surface area contributed by atoms with Crippen LogP contribution in [-0.2, 0) is 6.54 Å². The van der Waals surface area contributed by atoms with Gasteiger partial charge in [-0.3, -0.25) is 10.1 Å². The third-order valence-corrected chi connectivity index (χ3v) is 2.54. The van der Waals surface area contributed by atoms with Crippen LogP contribution in [0.2, 0.25) is 0 Å². The standard InChI is InChI=1S/C8H7BrFNO2/c1-5-6(4-11(12)13)2-7(10)3-8(5)9/h2-3H,4H2,1H3. The first-order chi connectivity index (χ1) is 6.00. The SMILES string of the molecule is Cc1c(Br)cc(F)cc1C[N+](=O)[O-]. The minimum Gasteiger partial charge on any atom is -0.264 e. The van der Waals surface area contributed by atoms with E-state index in [9.17, 15) is 14.5 Å². The smallest absolute Gasteiger partial charge is 0.229 e. The van der Waals surface area contributed by atoms with Gasteiger partial charge in [0.05, 0.1) is 0 Å². The van der Waals surface area contributed by atoms with E-state index in [1.807, 2.05) is 0 Å². The first kappa shape index (κ1) is 10.1. The Kier molecular flexibility index (Phi) is 2.98. The molecule has 0 aliphatic rings. The average molecular weight is 248 g/mol. The highest BCUT2D eigenvalue weighted by atomic mass is 79.9. The second kappa shape index (κ2) is 3.83. The lowest BCUT2D eigenvalue weighted by molar-refractivity contribution is -0.496. The Morgan fingerprint density at radius 1 is 1.62 bits per heavy atom. The summed E-state index contributed by atoms with van der Waals surface area (Å²) in [6, 6.07) is 2.47. The summed E-state index contributed by atoms with van der Waals surface area (Å²) in [4.78, 5) is 9.73. The van der Waals surface area contributed by atoms with Crippen molar-refractivity contribution in [3.63, 3.8) is 0 Å². The average Bonchev–Trinajstić information content (AvgIpc) is 1.98. The van der Waals surface area contributed by atoms with Gasteiger partial charge in [0.1, 0.15) is 5.82 Å². The molecule has 0 saturated heterocycles. The molecule has 0 saturated carbocycles. The number of hydrogen-bond donors (Lipinski definition) is 0. The lowest BCUT2D eigenvalue weighted by atomic mass is 10.1. The van der Waals surface area contributed by atoms with Crippen LogP contribution in [0.25, 0.3) is 0 Å². The zero-order chi connectivity index (χ0) is 10.0. The van der Waals surface area contributed by atoms with Crippen molar-refractivity contribution in [2.75, 3.05) is 0 Å². The van der Waals surface area contributed by atoms with Crippen LogP contribution in [0.1, 0.15) is 11.1 Å². The fourth-order valence-corrected chi connectivity index (χ4v) is 1.48. The van der Waals surface area contributed by atoms with Crippen molar-refractivity contribution >= 4 is 15.9 Å². The molecule has 0 aliphatic heterocycles. The Hall–Kier alpha value is -0.970. The molecule has 5 heteroatoms. The van der Waals surface area contributed by atoms with Gasteiger partial charge in [0.15, 0.2) is 0 Å². The van der Waals surface area contributed by atoms with Crippen LogP contribution in [0, 0.1) is 22.9 Å². The van der Waals surface area contributed by atoms with Gasteiger partial charge in [-0.15, -0.1) is 0 Å². The molecule has 0 fully saturated rings. The summed E-state index contributed by atoms with van der Waals surface area (Å²) in [5.74, 6) is -0.464. The van der Waals surface area contributed by atoms with Crippen LogP contribution in [0.4, 0.5) is 4.39 Å². The Balaban J connectivity index is 3.12. The Labute approximate surface area is 82.8 Å². The number of halogens is 2. The van der Waals surface area contributed by atoms with E-state index in [4.69, 9.17) is 0 Å². The molecule has 0 heterocycles. The molecule has 13 heavy (non-hydrogen) atoms. The van der Waals surface area contributed by atoms with E-state index in [0.717, 1.165) is 0 Å². The normalized spacial score (nSPS) is 10.1. The van der Waals surface area contributed by atoms with Gasteiger partial charge in [-0.05, 0) is 24.6 Å². The molecule has 0 atom stereocenters. The minimum atomic E-state index is -0.478. The van der Waals surface area contributed by atoms with Crippen molar-refractivity contribution in [3.05, 3.63) is 43.7 Å². The van der Waals surface area contributed by atoms with Crippen molar-refractivity contribution in [2.45, 2.75) is 13.5 Å². The molecule has 1 rings (SSSR count). The van der Waals surface area contributed by atoms with Crippen LogP contribution in [-0.4, -0.2) is 4.92 Å². The highest BCUT2D eigenvalue weighted by Gasteiger charge is 2.09. The zero-order valence-corrected chi connectivity index (χ0v) is 8.47. The molecular weight excluding hydrogens is 241 g/mol. The predicted molar refractivity (Wildman–Crippen MR) is 49.5 cm³/mol. The maximum atomic E-state index is 12.8. The Morgan fingerprint density at radius 3 is 2.77 bits per heavy atom. The van der Waals surface area contributed by atoms with Crippen molar-refractivity contribution in [2.24, 2.45) is 0 Å². The Bertz CT molecular complexity index is 354. The summed E-state index contributed by atoms with van der Waals surface area (Å²) in [5, 5.41) is 10.2. The quantitative estimate of drug-likeness (QED) is 0.596. The van der Waals surface area contributed by atoms with Crippen molar-refractivity contribution < 1.29 is 9.31 Å². The molecular formula is C8H7BrFNO2. The van der Waals surface area contributed by atoms with Gasteiger partial charge in [-0.1, -0.05) is 15.9 Å². The Morgan fingerprint density at radius 2 is 2.23 bits per heavy atom. The summed E-state index contributed by atoms with van der Waals surface area (Å²) in [7, 11) is 0. The van der Waals surface area contributed by atoms with Crippen molar-refractivity contribution in [1.29, 1.82) is 0 Å². The van der Waals surface area contributed by atoms with Crippen LogP contribution >= 0.6 is 15.9 Å². The molecule has 0 unspecified atom stereocenters. The third-order valence-electron chi connectivity index (χ3n) is 1.72. The van der Waals surface area contributed by atoms with Gasteiger partial charge in [0, 0.05) is 15.0 Å².